The van der Waals surface area contributed by atoms with E-state index in [0.717, 1.165) is 65.0 Å². The van der Waals surface area contributed by atoms with E-state index in [9.17, 15) is 4.79 Å². The van der Waals surface area contributed by atoms with E-state index in [1.165, 1.54) is 5.56 Å². The van der Waals surface area contributed by atoms with Crippen molar-refractivity contribution in [1.82, 2.24) is 9.80 Å². The van der Waals surface area contributed by atoms with Gasteiger partial charge in [0.15, 0.2) is 0 Å². The van der Waals surface area contributed by atoms with Crippen LogP contribution in [-0.2, 0) is 20.9 Å². The van der Waals surface area contributed by atoms with Gasteiger partial charge in [0.1, 0.15) is 6.10 Å². The summed E-state index contributed by atoms with van der Waals surface area (Å²) in [6.45, 7) is 6.20. The molecule has 3 saturated heterocycles. The molecule has 0 radical (unpaired) electrons. The number of carbonyl (C=O) groups is 1. The molecule has 0 aliphatic carbocycles. The normalized spacial score (nSPS) is 29.1. The zero-order valence-electron chi connectivity index (χ0n) is 15.5. The van der Waals surface area contributed by atoms with Gasteiger partial charge in [-0.2, -0.15) is 0 Å². The molecule has 0 saturated carbocycles. The number of piperidine rings is 1. The van der Waals surface area contributed by atoms with E-state index >= 15 is 0 Å². The molecule has 26 heavy (non-hydrogen) atoms. The average molecular weight is 358 g/mol. The van der Waals surface area contributed by atoms with Gasteiger partial charge < -0.3 is 14.4 Å². The second-order valence-corrected chi connectivity index (χ2v) is 7.82. The molecule has 3 aliphatic rings. The molecular formula is C21H30N2O3. The van der Waals surface area contributed by atoms with E-state index in [-0.39, 0.29) is 18.1 Å². The Kier molecular flexibility index (Phi) is 5.88. The molecule has 0 N–H and O–H groups in total. The molecule has 142 valence electrons. The summed E-state index contributed by atoms with van der Waals surface area (Å²) in [5, 5.41) is 0. The molecular weight excluding hydrogens is 328 g/mol. The van der Waals surface area contributed by atoms with Gasteiger partial charge in [0, 0.05) is 26.2 Å². The number of likely N-dealkylation sites (tertiary alicyclic amines) is 2. The molecule has 0 unspecified atom stereocenters. The number of nitrogens with zero attached hydrogens (tertiary/aromatic N) is 2. The van der Waals surface area contributed by atoms with Gasteiger partial charge in [-0.3, -0.25) is 9.69 Å². The van der Waals surface area contributed by atoms with E-state index in [1.54, 1.807) is 0 Å². The summed E-state index contributed by atoms with van der Waals surface area (Å²) >= 11 is 0. The van der Waals surface area contributed by atoms with Gasteiger partial charge in [-0.1, -0.05) is 30.3 Å². The minimum absolute atomic E-state index is 0.197. The highest BCUT2D eigenvalue weighted by atomic mass is 16.5. The van der Waals surface area contributed by atoms with Crippen LogP contribution in [0.25, 0.3) is 0 Å². The van der Waals surface area contributed by atoms with Crippen molar-refractivity contribution in [2.24, 2.45) is 5.92 Å². The van der Waals surface area contributed by atoms with Crippen LogP contribution in [0.5, 0.6) is 0 Å². The minimum Gasteiger partial charge on any atom is -0.375 e. The summed E-state index contributed by atoms with van der Waals surface area (Å²) in [4.78, 5) is 17.0. The van der Waals surface area contributed by atoms with Crippen LogP contribution < -0.4 is 0 Å². The van der Waals surface area contributed by atoms with Gasteiger partial charge in [0.05, 0.1) is 19.3 Å². The monoisotopic (exact) mass is 358 g/mol. The molecule has 0 aromatic heterocycles. The van der Waals surface area contributed by atoms with Crippen LogP contribution in [-0.4, -0.2) is 67.2 Å². The lowest BCUT2D eigenvalue weighted by atomic mass is 9.91. The molecule has 0 bridgehead atoms. The van der Waals surface area contributed by atoms with Gasteiger partial charge in [0.2, 0.25) is 0 Å². The van der Waals surface area contributed by atoms with E-state index in [1.807, 2.05) is 23.1 Å². The Balaban J connectivity index is 1.19. The lowest BCUT2D eigenvalue weighted by molar-refractivity contribution is -0.142. The van der Waals surface area contributed by atoms with Crippen LogP contribution in [0.1, 0.15) is 31.2 Å². The summed E-state index contributed by atoms with van der Waals surface area (Å²) in [6, 6.07) is 10.3. The Hall–Kier alpha value is -1.43. The number of hydrogen-bond acceptors (Lipinski definition) is 4. The maximum absolute atomic E-state index is 12.6. The predicted octanol–water partition coefficient (Wildman–Crippen LogP) is 2.30. The number of benzene rings is 1. The Labute approximate surface area is 156 Å². The van der Waals surface area contributed by atoms with Crippen LogP contribution in [0.2, 0.25) is 0 Å². The summed E-state index contributed by atoms with van der Waals surface area (Å²) in [7, 11) is 0. The van der Waals surface area contributed by atoms with Crippen LogP contribution in [0.4, 0.5) is 0 Å². The molecule has 3 atom stereocenters. The van der Waals surface area contributed by atoms with E-state index in [2.05, 4.69) is 17.0 Å². The maximum atomic E-state index is 12.6. The van der Waals surface area contributed by atoms with Crippen LogP contribution >= 0.6 is 0 Å². The Morgan fingerprint density at radius 1 is 1.15 bits per heavy atom. The fraction of sp³-hybridized carbons (Fsp3) is 0.667. The topological polar surface area (TPSA) is 42.0 Å². The van der Waals surface area contributed by atoms with Gasteiger partial charge >= 0.3 is 0 Å². The van der Waals surface area contributed by atoms with E-state index in [4.69, 9.17) is 9.47 Å². The second-order valence-electron chi connectivity index (χ2n) is 7.82. The largest absolute Gasteiger partial charge is 0.375 e. The molecule has 1 aromatic carbocycles. The number of amides is 1. The average Bonchev–Trinajstić information content (AvgIpc) is 3.35. The van der Waals surface area contributed by atoms with Gasteiger partial charge in [-0.05, 0) is 43.7 Å². The van der Waals surface area contributed by atoms with Crippen LogP contribution in [0, 0.1) is 5.92 Å². The third-order valence-electron chi connectivity index (χ3n) is 5.99. The molecule has 3 heterocycles. The summed E-state index contributed by atoms with van der Waals surface area (Å²) in [6.07, 6.45) is 4.35. The number of hydrogen-bond donors (Lipinski definition) is 0. The summed E-state index contributed by atoms with van der Waals surface area (Å²) < 4.78 is 12.0. The predicted molar refractivity (Wildman–Crippen MR) is 99.7 cm³/mol. The Morgan fingerprint density at radius 3 is 2.77 bits per heavy atom. The molecule has 3 fully saturated rings. The minimum atomic E-state index is -0.197. The number of ether oxygens (including phenoxy) is 2. The third kappa shape index (κ3) is 4.27. The second kappa shape index (κ2) is 8.51. The Morgan fingerprint density at radius 2 is 1.96 bits per heavy atom. The van der Waals surface area contributed by atoms with Crippen molar-refractivity contribution >= 4 is 5.91 Å². The maximum Gasteiger partial charge on any atom is 0.251 e. The highest BCUT2D eigenvalue weighted by Gasteiger charge is 2.43. The summed E-state index contributed by atoms with van der Waals surface area (Å²) in [5.74, 6) is 0.780. The van der Waals surface area contributed by atoms with Crippen LogP contribution in [0.15, 0.2) is 30.3 Å². The number of carbonyl (C=O) groups excluding carboxylic acids is 1. The van der Waals surface area contributed by atoms with Crippen molar-refractivity contribution in [3.8, 4) is 0 Å². The molecule has 4 rings (SSSR count). The molecule has 3 aliphatic heterocycles. The standard InChI is InChI=1S/C21H30N2O3/c24-21(23-9-4-5-10-23)19-14-18-8-11-22(15-20(18)26-19)12-13-25-16-17-6-2-1-3-7-17/h1-3,6-7,18-20H,4-5,8-16H2/t18-,19+,20-/m1/s1. The SMILES string of the molecule is O=C([C@@H]1C[C@H]2CCN(CCOCc3ccccc3)C[C@H]2O1)N1CCCC1. The first kappa shape index (κ1) is 18.0. The van der Waals surface area contributed by atoms with Crippen molar-refractivity contribution in [1.29, 1.82) is 0 Å². The first-order valence-corrected chi connectivity index (χ1v) is 10.1. The molecule has 5 nitrogen and oxygen atoms in total. The smallest absolute Gasteiger partial charge is 0.251 e. The number of rotatable bonds is 6. The van der Waals surface area contributed by atoms with Crippen molar-refractivity contribution in [2.75, 3.05) is 39.3 Å². The highest BCUT2D eigenvalue weighted by Crippen LogP contribution is 2.34. The fourth-order valence-electron chi connectivity index (χ4n) is 4.46. The van der Waals surface area contributed by atoms with Gasteiger partial charge in [-0.25, -0.2) is 0 Å². The van der Waals surface area contributed by atoms with Gasteiger partial charge in [-0.15, -0.1) is 0 Å². The van der Waals surface area contributed by atoms with E-state index < -0.39 is 0 Å². The molecule has 1 amide bonds. The zero-order chi connectivity index (χ0) is 17.8. The first-order valence-electron chi connectivity index (χ1n) is 10.1. The van der Waals surface area contributed by atoms with Crippen molar-refractivity contribution < 1.29 is 14.3 Å². The van der Waals surface area contributed by atoms with Crippen LogP contribution in [0.3, 0.4) is 0 Å². The molecule has 5 heteroatoms. The summed E-state index contributed by atoms with van der Waals surface area (Å²) in [5.41, 5.74) is 1.22. The highest BCUT2D eigenvalue weighted by molar-refractivity contribution is 5.81. The lowest BCUT2D eigenvalue weighted by Gasteiger charge is -2.33. The quantitative estimate of drug-likeness (QED) is 0.732. The molecule has 1 aromatic rings. The van der Waals surface area contributed by atoms with E-state index in [0.29, 0.717) is 12.5 Å². The van der Waals surface area contributed by atoms with Crippen molar-refractivity contribution in [3.63, 3.8) is 0 Å². The number of fused-ring (bicyclic) bond motifs is 1. The molecule has 0 spiro atoms. The Bertz CT molecular complexity index is 588. The van der Waals surface area contributed by atoms with Gasteiger partial charge in [0.25, 0.3) is 5.91 Å². The first-order chi connectivity index (χ1) is 12.8. The zero-order valence-corrected chi connectivity index (χ0v) is 15.5. The van der Waals surface area contributed by atoms with Crippen molar-refractivity contribution in [3.05, 3.63) is 35.9 Å². The lowest BCUT2D eigenvalue weighted by Crippen LogP contribution is -2.43. The third-order valence-corrected chi connectivity index (χ3v) is 5.99. The fourth-order valence-corrected chi connectivity index (χ4v) is 4.46. The van der Waals surface area contributed by atoms with Crippen molar-refractivity contribution in [2.45, 2.75) is 44.5 Å².